The zero-order chi connectivity index (χ0) is 23.5. The third-order valence-electron chi connectivity index (χ3n) is 6.51. The fourth-order valence-corrected chi connectivity index (χ4v) is 7.23. The van der Waals surface area contributed by atoms with Crippen molar-refractivity contribution in [3.63, 3.8) is 0 Å². The van der Waals surface area contributed by atoms with E-state index in [-0.39, 0.29) is 26.2 Å². The molecule has 1 aliphatic rings. The van der Waals surface area contributed by atoms with Crippen molar-refractivity contribution in [3.8, 4) is 11.1 Å². The molecule has 0 fully saturated rings. The van der Waals surface area contributed by atoms with E-state index in [4.69, 9.17) is 0 Å². The number of rotatable bonds is 3. The van der Waals surface area contributed by atoms with Gasteiger partial charge in [-0.2, -0.15) is 35.9 Å². The van der Waals surface area contributed by atoms with E-state index in [9.17, 15) is 0 Å². The first kappa shape index (κ1) is 24.7. The van der Waals surface area contributed by atoms with Crippen LogP contribution in [0.25, 0.3) is 21.9 Å². The van der Waals surface area contributed by atoms with E-state index in [1.807, 2.05) is 6.07 Å². The third kappa shape index (κ3) is 5.10. The van der Waals surface area contributed by atoms with Crippen molar-refractivity contribution in [1.29, 1.82) is 0 Å². The van der Waals surface area contributed by atoms with Crippen LogP contribution in [0.1, 0.15) is 11.1 Å². The maximum Gasteiger partial charge on any atom is 2.00 e. The number of fused-ring (bicyclic) bond motifs is 4. The van der Waals surface area contributed by atoms with Crippen LogP contribution in [0.15, 0.2) is 140 Å². The Hall–Kier alpha value is -2.98. The van der Waals surface area contributed by atoms with Crippen molar-refractivity contribution >= 4 is 34.6 Å². The van der Waals surface area contributed by atoms with Crippen molar-refractivity contribution in [2.75, 3.05) is 0 Å². The molecule has 7 rings (SSSR count). The predicted octanol–water partition coefficient (Wildman–Crippen LogP) is 7.37. The minimum Gasteiger partial charge on any atom is -0.179 e. The fraction of sp³-hybridized carbons (Fsp3) is 0.0294. The quantitative estimate of drug-likeness (QED) is 0.158. The third-order valence-corrected chi connectivity index (χ3v) is 8.91. The summed E-state index contributed by atoms with van der Waals surface area (Å²) in [6.07, 6.45) is 1.05. The van der Waals surface area contributed by atoms with Gasteiger partial charge in [0.2, 0.25) is 0 Å². The number of benzene rings is 5. The Balaban J connectivity index is 0.000000163. The van der Waals surface area contributed by atoms with Crippen molar-refractivity contribution < 1.29 is 26.2 Å². The Bertz CT molecular complexity index is 1450. The first-order valence-corrected chi connectivity index (χ1v) is 13.3. The summed E-state index contributed by atoms with van der Waals surface area (Å²) in [5.74, 6) is 0. The molecule has 0 aliphatic heterocycles. The van der Waals surface area contributed by atoms with Gasteiger partial charge in [-0.15, -0.1) is 45.9 Å². The molecular formula is C34H25PZr. The molecule has 0 heterocycles. The average molecular weight is 556 g/mol. The van der Waals surface area contributed by atoms with Gasteiger partial charge < -0.3 is 0 Å². The molecule has 0 nitrogen and oxygen atoms in total. The standard InChI is InChI=1S/C21H16P.C13H9.Zr/c1-3-11-19(12-4-1)22(20-13-5-2-6-14-20)21-15-17-9-7-8-10-18(17)16-21;1-3-7-12-10(5-1)9-11-6-2-4-8-13(11)12;/h1-16H;1-5,7-8H,9H2;/q2*-1;+2. The second-order valence-electron chi connectivity index (χ2n) is 8.75. The van der Waals surface area contributed by atoms with Gasteiger partial charge in [0, 0.05) is 0 Å². The fourth-order valence-electron chi connectivity index (χ4n) is 4.86. The topological polar surface area (TPSA) is 0 Å². The molecule has 0 aromatic heterocycles. The average Bonchev–Trinajstić information content (AvgIpc) is 3.52. The van der Waals surface area contributed by atoms with Crippen molar-refractivity contribution in [1.82, 2.24) is 0 Å². The zero-order valence-electron chi connectivity index (χ0n) is 19.9. The Morgan fingerprint density at radius 2 is 1.22 bits per heavy atom. The van der Waals surface area contributed by atoms with Crippen LogP contribution in [0.2, 0.25) is 0 Å². The smallest absolute Gasteiger partial charge is 0.179 e. The minimum atomic E-state index is -0.493. The van der Waals surface area contributed by atoms with E-state index in [0.717, 1.165) is 6.42 Å². The molecule has 36 heavy (non-hydrogen) atoms. The van der Waals surface area contributed by atoms with Crippen LogP contribution in [0.5, 0.6) is 0 Å². The van der Waals surface area contributed by atoms with Crippen molar-refractivity contribution in [2.24, 2.45) is 0 Å². The van der Waals surface area contributed by atoms with E-state index < -0.39 is 7.92 Å². The molecule has 0 unspecified atom stereocenters. The van der Waals surface area contributed by atoms with Crippen LogP contribution >= 0.6 is 7.92 Å². The van der Waals surface area contributed by atoms with Gasteiger partial charge in [-0.3, -0.25) is 0 Å². The van der Waals surface area contributed by atoms with Gasteiger partial charge in [0.25, 0.3) is 0 Å². The summed E-state index contributed by atoms with van der Waals surface area (Å²) >= 11 is 0. The summed E-state index contributed by atoms with van der Waals surface area (Å²) in [6.45, 7) is 0. The first-order chi connectivity index (χ1) is 17.4. The van der Waals surface area contributed by atoms with Crippen LogP contribution < -0.4 is 15.9 Å². The van der Waals surface area contributed by atoms with Crippen LogP contribution in [0.3, 0.4) is 0 Å². The van der Waals surface area contributed by atoms with E-state index >= 15 is 0 Å². The maximum absolute atomic E-state index is 3.30. The van der Waals surface area contributed by atoms with Gasteiger partial charge in [0.15, 0.2) is 0 Å². The predicted molar refractivity (Wildman–Crippen MR) is 152 cm³/mol. The normalized spacial score (nSPS) is 11.2. The van der Waals surface area contributed by atoms with Crippen molar-refractivity contribution in [3.05, 3.63) is 157 Å². The molecule has 0 atom stereocenters. The SMILES string of the molecule is [Zr+2].[c-]1cccc2c1Cc1ccccc1-2.c1ccc(P(c2ccccc2)c2cc3ccccc3[cH-]2)cc1. The summed E-state index contributed by atoms with van der Waals surface area (Å²) in [5, 5.41) is 6.89. The summed E-state index contributed by atoms with van der Waals surface area (Å²) in [7, 11) is -0.493. The van der Waals surface area contributed by atoms with Crippen LogP contribution in [0.4, 0.5) is 0 Å². The van der Waals surface area contributed by atoms with Gasteiger partial charge in [-0.1, -0.05) is 102 Å². The molecule has 0 saturated heterocycles. The minimum absolute atomic E-state index is 0. The summed E-state index contributed by atoms with van der Waals surface area (Å²) < 4.78 is 0. The molecule has 170 valence electrons. The molecule has 2 heteroatoms. The number of hydrogen-bond acceptors (Lipinski definition) is 0. The van der Waals surface area contributed by atoms with Gasteiger partial charge in [0.1, 0.15) is 0 Å². The van der Waals surface area contributed by atoms with Crippen LogP contribution in [0, 0.1) is 6.07 Å². The summed E-state index contributed by atoms with van der Waals surface area (Å²) in [5.41, 5.74) is 5.51. The summed E-state index contributed by atoms with van der Waals surface area (Å²) in [4.78, 5) is 0. The Morgan fingerprint density at radius 1 is 0.611 bits per heavy atom. The molecule has 0 radical (unpaired) electrons. The molecular weight excluding hydrogens is 531 g/mol. The van der Waals surface area contributed by atoms with Gasteiger partial charge in [0.05, 0.1) is 0 Å². The second kappa shape index (κ2) is 11.4. The molecule has 0 saturated carbocycles. The van der Waals surface area contributed by atoms with E-state index in [2.05, 4.69) is 140 Å². The van der Waals surface area contributed by atoms with Crippen molar-refractivity contribution in [2.45, 2.75) is 6.42 Å². The second-order valence-corrected chi connectivity index (χ2v) is 11.0. The van der Waals surface area contributed by atoms with E-state index in [1.54, 1.807) is 0 Å². The molecule has 0 amide bonds. The Labute approximate surface area is 233 Å². The van der Waals surface area contributed by atoms with Gasteiger partial charge in [-0.25, -0.2) is 0 Å². The first-order valence-electron chi connectivity index (χ1n) is 12.0. The van der Waals surface area contributed by atoms with E-state index in [0.29, 0.717) is 0 Å². The monoisotopic (exact) mass is 554 g/mol. The van der Waals surface area contributed by atoms with Gasteiger partial charge in [-0.05, 0) is 25.0 Å². The zero-order valence-corrected chi connectivity index (χ0v) is 23.3. The molecule has 0 bridgehead atoms. The molecule has 6 aromatic rings. The Morgan fingerprint density at radius 3 is 1.94 bits per heavy atom. The van der Waals surface area contributed by atoms with E-state index in [1.165, 1.54) is 48.9 Å². The molecule has 1 aliphatic carbocycles. The molecule has 6 aromatic carbocycles. The van der Waals surface area contributed by atoms with Crippen LogP contribution in [-0.4, -0.2) is 0 Å². The Kier molecular flexibility index (Phi) is 7.82. The van der Waals surface area contributed by atoms with Crippen LogP contribution in [-0.2, 0) is 32.6 Å². The van der Waals surface area contributed by atoms with Gasteiger partial charge >= 0.3 is 26.2 Å². The summed E-state index contributed by atoms with van der Waals surface area (Å²) in [6, 6.07) is 53.1. The largest absolute Gasteiger partial charge is 2.00 e. The molecule has 0 N–H and O–H groups in total. The maximum atomic E-state index is 3.30. The number of hydrogen-bond donors (Lipinski definition) is 0. The molecule has 0 spiro atoms.